The first kappa shape index (κ1) is 13.3. The van der Waals surface area contributed by atoms with Crippen molar-refractivity contribution in [1.29, 1.82) is 0 Å². The van der Waals surface area contributed by atoms with Crippen LogP contribution in [0.5, 0.6) is 0 Å². The van der Waals surface area contributed by atoms with Crippen LogP contribution in [0.1, 0.15) is 18.2 Å². The SMILES string of the molecule is CCCNCc1cnc(N2CCN(C)C(=O)C2)s1. The first-order valence-corrected chi connectivity index (χ1v) is 7.16. The molecule has 1 fully saturated rings. The monoisotopic (exact) mass is 268 g/mol. The predicted octanol–water partition coefficient (Wildman–Crippen LogP) is 0.921. The van der Waals surface area contributed by atoms with Gasteiger partial charge >= 0.3 is 0 Å². The largest absolute Gasteiger partial charge is 0.342 e. The van der Waals surface area contributed by atoms with Crippen molar-refractivity contribution in [2.45, 2.75) is 19.9 Å². The quantitative estimate of drug-likeness (QED) is 0.807. The van der Waals surface area contributed by atoms with E-state index < -0.39 is 0 Å². The Labute approximate surface area is 112 Å². The summed E-state index contributed by atoms with van der Waals surface area (Å²) in [4.78, 5) is 21.1. The van der Waals surface area contributed by atoms with Gasteiger partial charge in [0.15, 0.2) is 5.13 Å². The zero-order valence-corrected chi connectivity index (χ0v) is 11.8. The molecule has 0 atom stereocenters. The van der Waals surface area contributed by atoms with Crippen LogP contribution in [0.25, 0.3) is 0 Å². The summed E-state index contributed by atoms with van der Waals surface area (Å²) in [6.45, 7) is 6.15. The van der Waals surface area contributed by atoms with Crippen molar-refractivity contribution in [3.63, 3.8) is 0 Å². The number of piperazine rings is 1. The van der Waals surface area contributed by atoms with Gasteiger partial charge in [0.1, 0.15) is 0 Å². The zero-order valence-electron chi connectivity index (χ0n) is 11.0. The first-order valence-electron chi connectivity index (χ1n) is 6.35. The number of nitrogens with one attached hydrogen (secondary N) is 1. The molecule has 2 rings (SSSR count). The maximum absolute atomic E-state index is 11.6. The Hall–Kier alpha value is -1.14. The van der Waals surface area contributed by atoms with Crippen molar-refractivity contribution >= 4 is 22.4 Å². The van der Waals surface area contributed by atoms with E-state index in [0.29, 0.717) is 6.54 Å². The summed E-state index contributed by atoms with van der Waals surface area (Å²) in [5.41, 5.74) is 0. The maximum atomic E-state index is 11.6. The van der Waals surface area contributed by atoms with Crippen LogP contribution in [0.3, 0.4) is 0 Å². The van der Waals surface area contributed by atoms with Gasteiger partial charge in [-0.25, -0.2) is 4.98 Å². The number of aromatic nitrogens is 1. The van der Waals surface area contributed by atoms with Gasteiger partial charge in [-0.15, -0.1) is 11.3 Å². The highest BCUT2D eigenvalue weighted by Gasteiger charge is 2.22. The number of rotatable bonds is 5. The van der Waals surface area contributed by atoms with Crippen LogP contribution in [0, 0.1) is 0 Å². The van der Waals surface area contributed by atoms with E-state index in [2.05, 4.69) is 22.1 Å². The molecule has 1 N–H and O–H groups in total. The zero-order chi connectivity index (χ0) is 13.0. The summed E-state index contributed by atoms with van der Waals surface area (Å²) < 4.78 is 0. The van der Waals surface area contributed by atoms with E-state index in [4.69, 9.17) is 0 Å². The highest BCUT2D eigenvalue weighted by Crippen LogP contribution is 2.23. The maximum Gasteiger partial charge on any atom is 0.241 e. The van der Waals surface area contributed by atoms with Crippen molar-refractivity contribution in [2.24, 2.45) is 0 Å². The van der Waals surface area contributed by atoms with Crippen LogP contribution in [0.2, 0.25) is 0 Å². The smallest absolute Gasteiger partial charge is 0.241 e. The minimum absolute atomic E-state index is 0.169. The van der Waals surface area contributed by atoms with Gasteiger partial charge in [-0.2, -0.15) is 0 Å². The molecule has 18 heavy (non-hydrogen) atoms. The number of likely N-dealkylation sites (N-methyl/N-ethyl adjacent to an activating group) is 1. The molecule has 1 amide bonds. The molecule has 2 heterocycles. The second kappa shape index (κ2) is 6.15. The highest BCUT2D eigenvalue weighted by atomic mass is 32.1. The summed E-state index contributed by atoms with van der Waals surface area (Å²) >= 11 is 1.67. The fourth-order valence-corrected chi connectivity index (χ4v) is 2.74. The van der Waals surface area contributed by atoms with E-state index in [1.54, 1.807) is 16.2 Å². The van der Waals surface area contributed by atoms with Gasteiger partial charge < -0.3 is 15.1 Å². The minimum atomic E-state index is 0.169. The third kappa shape index (κ3) is 3.20. The molecular weight excluding hydrogens is 248 g/mol. The second-order valence-corrected chi connectivity index (χ2v) is 5.62. The fourth-order valence-electron chi connectivity index (χ4n) is 1.84. The number of carbonyl (C=O) groups is 1. The molecule has 0 spiro atoms. The lowest BCUT2D eigenvalue weighted by atomic mass is 10.3. The standard InChI is InChI=1S/C12H20N4OS/c1-3-4-13-7-10-8-14-12(18-10)16-6-5-15(2)11(17)9-16/h8,13H,3-7,9H2,1-2H3. The Balaban J connectivity index is 1.91. The first-order chi connectivity index (χ1) is 8.70. The Morgan fingerprint density at radius 3 is 3.06 bits per heavy atom. The topological polar surface area (TPSA) is 48.5 Å². The van der Waals surface area contributed by atoms with Gasteiger partial charge in [0.2, 0.25) is 5.91 Å². The van der Waals surface area contributed by atoms with Crippen LogP contribution in [0.4, 0.5) is 5.13 Å². The van der Waals surface area contributed by atoms with E-state index in [1.165, 1.54) is 4.88 Å². The third-order valence-corrected chi connectivity index (χ3v) is 4.05. The van der Waals surface area contributed by atoms with Crippen molar-refractivity contribution in [2.75, 3.05) is 38.1 Å². The lowest BCUT2D eigenvalue weighted by Gasteiger charge is -2.31. The average Bonchev–Trinajstić information content (AvgIpc) is 2.82. The second-order valence-electron chi connectivity index (χ2n) is 4.52. The molecule has 6 heteroatoms. The van der Waals surface area contributed by atoms with Crippen molar-refractivity contribution < 1.29 is 4.79 Å². The minimum Gasteiger partial charge on any atom is -0.342 e. The molecule has 1 aliphatic rings. The molecule has 1 saturated heterocycles. The van der Waals surface area contributed by atoms with E-state index in [9.17, 15) is 4.79 Å². The van der Waals surface area contributed by atoms with Crippen molar-refractivity contribution in [1.82, 2.24) is 15.2 Å². The van der Waals surface area contributed by atoms with Crippen LogP contribution >= 0.6 is 11.3 Å². The van der Waals surface area contributed by atoms with Crippen LogP contribution in [-0.2, 0) is 11.3 Å². The molecule has 0 bridgehead atoms. The number of thiazole rings is 1. The molecule has 5 nitrogen and oxygen atoms in total. The summed E-state index contributed by atoms with van der Waals surface area (Å²) in [5.74, 6) is 0.169. The molecule has 0 unspecified atom stereocenters. The van der Waals surface area contributed by atoms with Gasteiger partial charge in [-0.1, -0.05) is 6.92 Å². The van der Waals surface area contributed by atoms with Crippen LogP contribution in [0.15, 0.2) is 6.20 Å². The van der Waals surface area contributed by atoms with Gasteiger partial charge in [0, 0.05) is 37.8 Å². The number of hydrogen-bond acceptors (Lipinski definition) is 5. The molecule has 0 radical (unpaired) electrons. The Morgan fingerprint density at radius 1 is 1.50 bits per heavy atom. The molecule has 1 aromatic heterocycles. The molecule has 0 aromatic carbocycles. The Bertz CT molecular complexity index is 407. The predicted molar refractivity (Wildman–Crippen MR) is 74.0 cm³/mol. The van der Waals surface area contributed by atoms with E-state index in [0.717, 1.165) is 37.7 Å². The Kier molecular flexibility index (Phi) is 4.54. The number of nitrogens with zero attached hydrogens (tertiary/aromatic N) is 3. The van der Waals surface area contributed by atoms with Crippen molar-refractivity contribution in [3.8, 4) is 0 Å². The van der Waals surface area contributed by atoms with E-state index >= 15 is 0 Å². The number of hydrogen-bond donors (Lipinski definition) is 1. The molecule has 1 aromatic rings. The van der Waals surface area contributed by atoms with Gasteiger partial charge in [-0.05, 0) is 13.0 Å². The van der Waals surface area contributed by atoms with E-state index in [1.807, 2.05) is 13.2 Å². The summed E-state index contributed by atoms with van der Waals surface area (Å²) in [5, 5.41) is 4.32. The number of carbonyl (C=O) groups excluding carboxylic acids is 1. The lowest BCUT2D eigenvalue weighted by Crippen LogP contribution is -2.48. The average molecular weight is 268 g/mol. The Morgan fingerprint density at radius 2 is 2.33 bits per heavy atom. The molecule has 1 aliphatic heterocycles. The highest BCUT2D eigenvalue weighted by molar-refractivity contribution is 7.15. The normalized spacial score (nSPS) is 16.4. The van der Waals surface area contributed by atoms with Gasteiger partial charge in [-0.3, -0.25) is 4.79 Å². The molecule has 0 aliphatic carbocycles. The molecular formula is C12H20N4OS. The number of anilines is 1. The molecule has 0 saturated carbocycles. The van der Waals surface area contributed by atoms with Gasteiger partial charge in [0.05, 0.1) is 6.54 Å². The lowest BCUT2D eigenvalue weighted by molar-refractivity contribution is -0.129. The van der Waals surface area contributed by atoms with Crippen molar-refractivity contribution in [3.05, 3.63) is 11.1 Å². The number of amides is 1. The summed E-state index contributed by atoms with van der Waals surface area (Å²) in [6.07, 6.45) is 3.05. The molecule has 100 valence electrons. The van der Waals surface area contributed by atoms with Gasteiger partial charge in [0.25, 0.3) is 0 Å². The summed E-state index contributed by atoms with van der Waals surface area (Å²) in [6, 6.07) is 0. The van der Waals surface area contributed by atoms with E-state index in [-0.39, 0.29) is 5.91 Å². The summed E-state index contributed by atoms with van der Waals surface area (Å²) in [7, 11) is 1.85. The van der Waals surface area contributed by atoms with Crippen LogP contribution in [-0.4, -0.2) is 49.0 Å². The third-order valence-electron chi connectivity index (χ3n) is 3.00. The van der Waals surface area contributed by atoms with Crippen LogP contribution < -0.4 is 10.2 Å². The fraction of sp³-hybridized carbons (Fsp3) is 0.667.